The molecule has 9 heteroatoms. The summed E-state index contributed by atoms with van der Waals surface area (Å²) in [5, 5.41) is 21.8. The number of anilines is 1. The van der Waals surface area contributed by atoms with E-state index in [0.717, 1.165) is 25.1 Å². The molecular weight excluding hydrogens is 492 g/mol. The van der Waals surface area contributed by atoms with E-state index in [1.54, 1.807) is 12.1 Å². The molecule has 0 spiro atoms. The van der Waals surface area contributed by atoms with Crippen molar-refractivity contribution in [1.29, 1.82) is 0 Å². The van der Waals surface area contributed by atoms with Crippen LogP contribution in [0.3, 0.4) is 0 Å². The van der Waals surface area contributed by atoms with E-state index in [4.69, 9.17) is 23.2 Å². The van der Waals surface area contributed by atoms with Crippen molar-refractivity contribution in [2.45, 2.75) is 43.4 Å². The lowest BCUT2D eigenvalue weighted by Gasteiger charge is -2.49. The fourth-order valence-electron chi connectivity index (χ4n) is 5.67. The summed E-state index contributed by atoms with van der Waals surface area (Å²) < 4.78 is 13.6. The summed E-state index contributed by atoms with van der Waals surface area (Å²) in [6.07, 6.45) is 2.49. The Labute approximate surface area is 214 Å². The van der Waals surface area contributed by atoms with Gasteiger partial charge in [0.2, 0.25) is 0 Å². The molecule has 35 heavy (non-hydrogen) atoms. The first-order chi connectivity index (χ1) is 16.7. The topological polar surface area (TPSA) is 67.3 Å². The number of piperazine rings is 1. The van der Waals surface area contributed by atoms with Crippen molar-refractivity contribution in [2.24, 2.45) is 0 Å². The zero-order valence-corrected chi connectivity index (χ0v) is 21.0. The van der Waals surface area contributed by atoms with Gasteiger partial charge in [-0.1, -0.05) is 35.3 Å². The number of carbonyl (C=O) groups is 1. The minimum atomic E-state index is -1.10. The smallest absolute Gasteiger partial charge is 0.255 e. The van der Waals surface area contributed by atoms with Crippen LogP contribution in [0.15, 0.2) is 36.4 Å². The zero-order valence-electron chi connectivity index (χ0n) is 19.5. The maximum absolute atomic E-state index is 13.6. The summed E-state index contributed by atoms with van der Waals surface area (Å²) in [5.74, 6) is -0.598. The van der Waals surface area contributed by atoms with E-state index >= 15 is 0 Å². The Morgan fingerprint density at radius 1 is 1.09 bits per heavy atom. The summed E-state index contributed by atoms with van der Waals surface area (Å²) in [7, 11) is 0. The number of nitrogens with zero attached hydrogens (tertiary/aromatic N) is 3. The fraction of sp³-hybridized carbons (Fsp3) is 0.500. The van der Waals surface area contributed by atoms with Crippen molar-refractivity contribution in [1.82, 2.24) is 9.80 Å². The molecular formula is C26H30Cl2FN3O3. The van der Waals surface area contributed by atoms with Crippen LogP contribution in [0.5, 0.6) is 0 Å². The monoisotopic (exact) mass is 521 g/mol. The first-order valence-corrected chi connectivity index (χ1v) is 12.9. The van der Waals surface area contributed by atoms with Crippen LogP contribution in [0.4, 0.5) is 10.1 Å². The molecule has 0 saturated carbocycles. The Bertz CT molecular complexity index is 1120. The molecule has 0 bridgehead atoms. The number of carbonyl (C=O) groups excluding carboxylic acids is 1. The maximum atomic E-state index is 13.6. The molecule has 0 aliphatic carbocycles. The average molecular weight is 522 g/mol. The predicted molar refractivity (Wildman–Crippen MR) is 135 cm³/mol. The van der Waals surface area contributed by atoms with Gasteiger partial charge < -0.3 is 20.0 Å². The standard InChI is InChI=1S/C26H30Cl2FN3O3/c27-21-13-17(6-7-22(21)29)26(35)9-8-18-14-31(11-12-32(18)16-26)25(34)20-4-1-5-23(24(20)28)30-10-2-3-19(33)15-30/h1,4-7,13,18-19,33,35H,2-3,8-12,14-16H2/t18-,19+,26-/m1/s1. The molecule has 0 unspecified atom stereocenters. The van der Waals surface area contributed by atoms with Gasteiger partial charge in [-0.3, -0.25) is 9.69 Å². The van der Waals surface area contributed by atoms with Gasteiger partial charge in [0.05, 0.1) is 27.4 Å². The number of benzene rings is 2. The Kier molecular flexibility index (Phi) is 6.98. The van der Waals surface area contributed by atoms with Crippen molar-refractivity contribution in [3.8, 4) is 0 Å². The van der Waals surface area contributed by atoms with Gasteiger partial charge in [-0.2, -0.15) is 0 Å². The molecule has 3 aliphatic rings. The minimum Gasteiger partial charge on any atom is -0.391 e. The summed E-state index contributed by atoms with van der Waals surface area (Å²) in [5.41, 5.74) is 0.783. The van der Waals surface area contributed by atoms with E-state index in [0.29, 0.717) is 61.7 Å². The third kappa shape index (κ3) is 4.89. The number of amides is 1. The first kappa shape index (κ1) is 24.8. The van der Waals surface area contributed by atoms with Crippen LogP contribution in [0, 0.1) is 5.82 Å². The van der Waals surface area contributed by atoms with Gasteiger partial charge in [-0.05, 0) is 55.5 Å². The van der Waals surface area contributed by atoms with Crippen molar-refractivity contribution in [3.05, 3.63) is 63.4 Å². The van der Waals surface area contributed by atoms with Crippen molar-refractivity contribution in [2.75, 3.05) is 44.2 Å². The highest BCUT2D eigenvalue weighted by Gasteiger charge is 2.42. The highest BCUT2D eigenvalue weighted by Crippen LogP contribution is 2.38. The van der Waals surface area contributed by atoms with Crippen LogP contribution >= 0.6 is 23.2 Å². The fourth-order valence-corrected chi connectivity index (χ4v) is 6.18. The molecule has 1 amide bonds. The zero-order chi connectivity index (χ0) is 24.7. The Morgan fingerprint density at radius 2 is 1.91 bits per heavy atom. The molecule has 0 aromatic heterocycles. The molecule has 188 valence electrons. The average Bonchev–Trinajstić information content (AvgIpc) is 2.85. The molecule has 3 fully saturated rings. The lowest BCUT2D eigenvalue weighted by Crippen LogP contribution is -2.60. The van der Waals surface area contributed by atoms with Crippen molar-refractivity contribution < 1.29 is 19.4 Å². The molecule has 2 aromatic rings. The number of piperidine rings is 2. The second-order valence-electron chi connectivity index (χ2n) is 9.96. The number of halogens is 3. The molecule has 6 nitrogen and oxygen atoms in total. The van der Waals surface area contributed by atoms with Crippen LogP contribution < -0.4 is 4.90 Å². The Morgan fingerprint density at radius 3 is 2.69 bits per heavy atom. The summed E-state index contributed by atoms with van der Waals surface area (Å²) in [6.45, 7) is 3.44. The molecule has 2 N–H and O–H groups in total. The van der Waals surface area contributed by atoms with E-state index in [1.165, 1.54) is 12.1 Å². The van der Waals surface area contributed by atoms with Crippen LogP contribution in [-0.4, -0.2) is 77.3 Å². The number of aliphatic hydroxyl groups excluding tert-OH is 1. The first-order valence-electron chi connectivity index (χ1n) is 12.2. The van der Waals surface area contributed by atoms with Crippen molar-refractivity contribution >= 4 is 34.8 Å². The third-order valence-electron chi connectivity index (χ3n) is 7.65. The molecule has 5 rings (SSSR count). The van der Waals surface area contributed by atoms with E-state index in [1.807, 2.05) is 17.0 Å². The second-order valence-corrected chi connectivity index (χ2v) is 10.7. The highest BCUT2D eigenvalue weighted by molar-refractivity contribution is 6.36. The van der Waals surface area contributed by atoms with Crippen LogP contribution in [-0.2, 0) is 5.60 Å². The summed E-state index contributed by atoms with van der Waals surface area (Å²) >= 11 is 12.7. The predicted octanol–water partition coefficient (Wildman–Crippen LogP) is 3.90. The second kappa shape index (κ2) is 9.87. The summed E-state index contributed by atoms with van der Waals surface area (Å²) in [6, 6.07) is 10.0. The molecule has 3 aliphatic heterocycles. The maximum Gasteiger partial charge on any atom is 0.255 e. The van der Waals surface area contributed by atoms with Gasteiger partial charge in [-0.25, -0.2) is 4.39 Å². The third-order valence-corrected chi connectivity index (χ3v) is 8.34. The number of hydrogen-bond donors (Lipinski definition) is 2. The normalized spacial score (nSPS) is 27.6. The number of fused-ring (bicyclic) bond motifs is 1. The van der Waals surface area contributed by atoms with Crippen LogP contribution in [0.2, 0.25) is 10.0 Å². The lowest BCUT2D eigenvalue weighted by molar-refractivity contribution is -0.0740. The Hall–Kier alpha value is -1.90. The minimum absolute atomic E-state index is 0.00614. The summed E-state index contributed by atoms with van der Waals surface area (Å²) in [4.78, 5) is 19.6. The van der Waals surface area contributed by atoms with Crippen molar-refractivity contribution in [3.63, 3.8) is 0 Å². The largest absolute Gasteiger partial charge is 0.391 e. The Balaban J connectivity index is 1.28. The van der Waals surface area contributed by atoms with Gasteiger partial charge >= 0.3 is 0 Å². The van der Waals surface area contributed by atoms with Gasteiger partial charge in [0, 0.05) is 45.3 Å². The quantitative estimate of drug-likeness (QED) is 0.641. The number of aliphatic hydroxyl groups is 2. The van der Waals surface area contributed by atoms with Gasteiger partial charge in [0.15, 0.2) is 0 Å². The number of hydrogen-bond acceptors (Lipinski definition) is 5. The van der Waals surface area contributed by atoms with Gasteiger partial charge in [-0.15, -0.1) is 0 Å². The van der Waals surface area contributed by atoms with Gasteiger partial charge in [0.1, 0.15) is 11.4 Å². The number of β-amino-alcohol motifs (C(OH)–C–C–N with tert-alkyl or cyclic N) is 1. The lowest BCUT2D eigenvalue weighted by atomic mass is 9.82. The molecule has 3 heterocycles. The van der Waals surface area contributed by atoms with Gasteiger partial charge in [0.25, 0.3) is 5.91 Å². The van der Waals surface area contributed by atoms with E-state index in [2.05, 4.69) is 9.80 Å². The molecule has 0 radical (unpaired) electrons. The molecule has 3 atom stereocenters. The van der Waals surface area contributed by atoms with Crippen LogP contribution in [0.25, 0.3) is 0 Å². The molecule has 2 aromatic carbocycles. The number of rotatable bonds is 3. The van der Waals surface area contributed by atoms with E-state index in [-0.39, 0.29) is 23.1 Å². The highest BCUT2D eigenvalue weighted by atomic mass is 35.5. The molecule has 3 saturated heterocycles. The van der Waals surface area contributed by atoms with E-state index < -0.39 is 11.4 Å². The van der Waals surface area contributed by atoms with E-state index in [9.17, 15) is 19.4 Å². The SMILES string of the molecule is O=C(c1cccc(N2CCC[C@H](O)C2)c1Cl)N1CCN2C[C@@](O)(c3ccc(F)c(Cl)c3)CC[C@@H]2C1. The van der Waals surface area contributed by atoms with Crippen LogP contribution in [0.1, 0.15) is 41.6 Å².